The minimum absolute atomic E-state index is 0.0951. The van der Waals surface area contributed by atoms with E-state index in [1.165, 1.54) is 4.90 Å². The standard InChI is InChI=1S/C20H21N5O3/c1-25(20(27)22-16-10-6-3-7-11-16)13-12-17-23-19(28-24-17)18(26)21-14-15-8-4-2-5-9-15/h2-11H,12-14H2,1H3,(H,21,26)(H,22,27). The lowest BCUT2D eigenvalue weighted by Gasteiger charge is -2.16. The first kappa shape index (κ1) is 19.1. The van der Waals surface area contributed by atoms with Crippen LogP contribution >= 0.6 is 0 Å². The van der Waals surface area contributed by atoms with E-state index in [4.69, 9.17) is 4.52 Å². The summed E-state index contributed by atoms with van der Waals surface area (Å²) in [4.78, 5) is 29.9. The van der Waals surface area contributed by atoms with Gasteiger partial charge in [0, 0.05) is 32.2 Å². The van der Waals surface area contributed by atoms with E-state index in [0.717, 1.165) is 11.3 Å². The molecule has 0 bridgehead atoms. The zero-order chi connectivity index (χ0) is 19.8. The average Bonchev–Trinajstić information content (AvgIpc) is 3.21. The zero-order valence-electron chi connectivity index (χ0n) is 15.5. The zero-order valence-corrected chi connectivity index (χ0v) is 15.5. The van der Waals surface area contributed by atoms with Crippen LogP contribution in [0.15, 0.2) is 65.2 Å². The number of anilines is 1. The van der Waals surface area contributed by atoms with Gasteiger partial charge in [0.15, 0.2) is 5.82 Å². The second-order valence-electron chi connectivity index (χ2n) is 6.15. The quantitative estimate of drug-likeness (QED) is 0.657. The molecule has 0 fully saturated rings. The maximum Gasteiger partial charge on any atom is 0.321 e. The molecule has 3 aromatic rings. The van der Waals surface area contributed by atoms with E-state index < -0.39 is 5.91 Å². The van der Waals surface area contributed by atoms with Gasteiger partial charge in [-0.2, -0.15) is 4.98 Å². The molecular weight excluding hydrogens is 358 g/mol. The van der Waals surface area contributed by atoms with Crippen molar-refractivity contribution in [2.24, 2.45) is 0 Å². The predicted octanol–water partition coefficient (Wildman–Crippen LogP) is 2.71. The Morgan fingerprint density at radius 1 is 1.04 bits per heavy atom. The van der Waals surface area contributed by atoms with E-state index in [0.29, 0.717) is 25.3 Å². The molecule has 3 amide bonds. The third kappa shape index (κ3) is 5.41. The number of carbonyl (C=O) groups is 2. The summed E-state index contributed by atoms with van der Waals surface area (Å²) in [5.41, 5.74) is 1.69. The van der Waals surface area contributed by atoms with Crippen LogP contribution < -0.4 is 10.6 Å². The van der Waals surface area contributed by atoms with Gasteiger partial charge in [-0.1, -0.05) is 53.7 Å². The van der Waals surface area contributed by atoms with Gasteiger partial charge in [-0.05, 0) is 17.7 Å². The van der Waals surface area contributed by atoms with Crippen LogP contribution in [0.25, 0.3) is 0 Å². The van der Waals surface area contributed by atoms with Crippen LogP contribution in [-0.2, 0) is 13.0 Å². The number of rotatable bonds is 7. The van der Waals surface area contributed by atoms with Crippen LogP contribution in [0, 0.1) is 0 Å². The van der Waals surface area contributed by atoms with Gasteiger partial charge < -0.3 is 20.1 Å². The third-order valence-corrected chi connectivity index (χ3v) is 4.00. The number of hydrogen-bond donors (Lipinski definition) is 2. The van der Waals surface area contributed by atoms with Crippen molar-refractivity contribution in [1.82, 2.24) is 20.4 Å². The maximum absolute atomic E-state index is 12.2. The summed E-state index contributed by atoms with van der Waals surface area (Å²) in [5.74, 6) is -0.163. The molecule has 0 radical (unpaired) electrons. The molecule has 8 heteroatoms. The van der Waals surface area contributed by atoms with E-state index in [9.17, 15) is 9.59 Å². The van der Waals surface area contributed by atoms with Crippen molar-refractivity contribution < 1.29 is 14.1 Å². The third-order valence-electron chi connectivity index (χ3n) is 4.00. The number of benzene rings is 2. The number of aromatic nitrogens is 2. The van der Waals surface area contributed by atoms with Crippen LogP contribution in [0.5, 0.6) is 0 Å². The van der Waals surface area contributed by atoms with Gasteiger partial charge in [-0.15, -0.1) is 0 Å². The molecule has 2 N–H and O–H groups in total. The minimum Gasteiger partial charge on any atom is -0.344 e. The lowest BCUT2D eigenvalue weighted by Crippen LogP contribution is -2.33. The number of amides is 3. The van der Waals surface area contributed by atoms with Gasteiger partial charge in [-0.25, -0.2) is 4.79 Å². The first-order valence-corrected chi connectivity index (χ1v) is 8.83. The van der Waals surface area contributed by atoms with E-state index in [2.05, 4.69) is 20.8 Å². The number of likely N-dealkylation sites (N-methyl/N-ethyl adjacent to an activating group) is 1. The van der Waals surface area contributed by atoms with Crippen LogP contribution in [0.4, 0.5) is 10.5 Å². The first-order valence-electron chi connectivity index (χ1n) is 8.83. The molecule has 0 saturated carbocycles. The van der Waals surface area contributed by atoms with Gasteiger partial charge in [0.1, 0.15) is 0 Å². The molecule has 0 aliphatic rings. The lowest BCUT2D eigenvalue weighted by molar-refractivity contribution is 0.0907. The van der Waals surface area contributed by atoms with Crippen molar-refractivity contribution in [2.75, 3.05) is 18.9 Å². The van der Waals surface area contributed by atoms with E-state index in [-0.39, 0.29) is 11.9 Å². The highest BCUT2D eigenvalue weighted by atomic mass is 16.5. The van der Waals surface area contributed by atoms with Gasteiger partial charge in [0.05, 0.1) is 0 Å². The number of urea groups is 1. The van der Waals surface area contributed by atoms with Crippen molar-refractivity contribution in [3.8, 4) is 0 Å². The van der Waals surface area contributed by atoms with Crippen molar-refractivity contribution in [3.63, 3.8) is 0 Å². The highest BCUT2D eigenvalue weighted by molar-refractivity contribution is 5.89. The number of carbonyl (C=O) groups excluding carboxylic acids is 2. The Labute approximate surface area is 162 Å². The molecule has 0 spiro atoms. The summed E-state index contributed by atoms with van der Waals surface area (Å²) < 4.78 is 5.01. The molecule has 28 heavy (non-hydrogen) atoms. The molecule has 0 aliphatic carbocycles. The fraction of sp³-hybridized carbons (Fsp3) is 0.200. The molecule has 0 atom stereocenters. The fourth-order valence-electron chi connectivity index (χ4n) is 2.41. The smallest absolute Gasteiger partial charge is 0.321 e. The van der Waals surface area contributed by atoms with Crippen LogP contribution in [0.3, 0.4) is 0 Å². The van der Waals surface area contributed by atoms with Gasteiger partial charge in [0.2, 0.25) is 0 Å². The molecule has 1 aromatic heterocycles. The number of hydrogen-bond acceptors (Lipinski definition) is 5. The molecular formula is C20H21N5O3. The second-order valence-corrected chi connectivity index (χ2v) is 6.15. The summed E-state index contributed by atoms with van der Waals surface area (Å²) in [5, 5.41) is 9.32. The van der Waals surface area contributed by atoms with Crippen LogP contribution in [-0.4, -0.2) is 40.6 Å². The fourth-order valence-corrected chi connectivity index (χ4v) is 2.41. The number of nitrogens with zero attached hydrogens (tertiary/aromatic N) is 3. The normalized spacial score (nSPS) is 10.3. The molecule has 0 saturated heterocycles. The summed E-state index contributed by atoms with van der Waals surface area (Å²) in [6, 6.07) is 18.5. The lowest BCUT2D eigenvalue weighted by atomic mass is 10.2. The van der Waals surface area contributed by atoms with Crippen molar-refractivity contribution in [3.05, 3.63) is 77.9 Å². The molecule has 1 heterocycles. The average molecular weight is 379 g/mol. The summed E-state index contributed by atoms with van der Waals surface area (Å²) in [6.45, 7) is 0.753. The highest BCUT2D eigenvalue weighted by Gasteiger charge is 2.16. The summed E-state index contributed by atoms with van der Waals surface area (Å²) >= 11 is 0. The molecule has 144 valence electrons. The first-order chi connectivity index (χ1) is 13.6. The van der Waals surface area contributed by atoms with Gasteiger partial charge >= 0.3 is 17.8 Å². The second kappa shape index (κ2) is 9.31. The van der Waals surface area contributed by atoms with Gasteiger partial charge in [-0.3, -0.25) is 4.79 Å². The Kier molecular flexibility index (Phi) is 6.35. The predicted molar refractivity (Wildman–Crippen MR) is 104 cm³/mol. The monoisotopic (exact) mass is 379 g/mol. The topological polar surface area (TPSA) is 100 Å². The maximum atomic E-state index is 12.2. The van der Waals surface area contributed by atoms with E-state index >= 15 is 0 Å². The summed E-state index contributed by atoms with van der Waals surface area (Å²) in [6.07, 6.45) is 0.369. The minimum atomic E-state index is -0.433. The largest absolute Gasteiger partial charge is 0.344 e. The van der Waals surface area contributed by atoms with Crippen molar-refractivity contribution in [1.29, 1.82) is 0 Å². The van der Waals surface area contributed by atoms with Gasteiger partial charge in [0.25, 0.3) is 0 Å². The van der Waals surface area contributed by atoms with Crippen LogP contribution in [0.1, 0.15) is 22.1 Å². The van der Waals surface area contributed by atoms with E-state index in [1.54, 1.807) is 7.05 Å². The molecule has 8 nitrogen and oxygen atoms in total. The Hall–Kier alpha value is -3.68. The Morgan fingerprint density at radius 3 is 2.43 bits per heavy atom. The molecule has 2 aromatic carbocycles. The molecule has 3 rings (SSSR count). The Bertz CT molecular complexity index is 912. The Morgan fingerprint density at radius 2 is 1.71 bits per heavy atom. The van der Waals surface area contributed by atoms with Crippen molar-refractivity contribution >= 4 is 17.6 Å². The Balaban J connectivity index is 1.46. The number of para-hydroxylation sites is 1. The summed E-state index contributed by atoms with van der Waals surface area (Å²) in [7, 11) is 1.67. The SMILES string of the molecule is CN(CCc1noc(C(=O)NCc2ccccc2)n1)C(=O)Nc1ccccc1. The van der Waals surface area contributed by atoms with Crippen molar-refractivity contribution in [2.45, 2.75) is 13.0 Å². The molecule has 0 unspecified atom stereocenters. The number of nitrogens with one attached hydrogen (secondary N) is 2. The molecule has 0 aliphatic heterocycles. The van der Waals surface area contributed by atoms with Crippen LogP contribution in [0.2, 0.25) is 0 Å². The highest BCUT2D eigenvalue weighted by Crippen LogP contribution is 2.07. The van der Waals surface area contributed by atoms with E-state index in [1.807, 2.05) is 60.7 Å².